The predicted octanol–water partition coefficient (Wildman–Crippen LogP) is 3.39. The smallest absolute Gasteiger partial charge is 0.243 e. The lowest BCUT2D eigenvalue weighted by molar-refractivity contribution is 0.404. The Labute approximate surface area is 146 Å². The minimum atomic E-state index is 0.0669. The Morgan fingerprint density at radius 3 is 2.76 bits per heavy atom. The topological polar surface area (TPSA) is 64.9 Å². The van der Waals surface area contributed by atoms with E-state index in [1.54, 1.807) is 7.11 Å². The Kier molecular flexibility index (Phi) is 4.09. The Bertz CT molecular complexity index is 858. The number of hydrogen-bond acceptors (Lipinski definition) is 5. The van der Waals surface area contributed by atoms with E-state index < -0.39 is 0 Å². The lowest BCUT2D eigenvalue weighted by atomic mass is 9.92. The molecule has 0 aliphatic carbocycles. The Hall–Kier alpha value is -2.89. The van der Waals surface area contributed by atoms with Crippen LogP contribution in [0.25, 0.3) is 0 Å². The summed E-state index contributed by atoms with van der Waals surface area (Å²) in [6.07, 6.45) is 1.92. The third kappa shape index (κ3) is 2.95. The number of aromatic nitrogens is 4. The van der Waals surface area contributed by atoms with Gasteiger partial charge in [-0.2, -0.15) is 0 Å². The third-order valence-electron chi connectivity index (χ3n) is 4.82. The standard InChI is InChI=1S/C19H21N5O/c1-3-13-7-9-14(10-8-13)17-12-18(24-19(20-17)21-22-23-24)15-5-4-6-16(11-15)25-2/h4-11,17-18H,3,12H2,1-2H3,(H,20,21,23). The van der Waals surface area contributed by atoms with E-state index >= 15 is 0 Å². The summed E-state index contributed by atoms with van der Waals surface area (Å²) in [6.45, 7) is 2.17. The molecule has 4 rings (SSSR count). The first-order valence-corrected chi connectivity index (χ1v) is 8.55. The molecule has 6 nitrogen and oxygen atoms in total. The fourth-order valence-corrected chi connectivity index (χ4v) is 3.37. The highest BCUT2D eigenvalue weighted by molar-refractivity contribution is 5.39. The van der Waals surface area contributed by atoms with Gasteiger partial charge in [-0.1, -0.05) is 48.4 Å². The number of fused-ring (bicyclic) bond motifs is 1. The molecule has 0 fully saturated rings. The van der Waals surface area contributed by atoms with Crippen molar-refractivity contribution in [2.24, 2.45) is 0 Å². The molecular formula is C19H21N5O. The number of nitrogens with one attached hydrogen (secondary N) is 1. The number of benzene rings is 2. The summed E-state index contributed by atoms with van der Waals surface area (Å²) >= 11 is 0. The number of nitrogens with zero attached hydrogens (tertiary/aromatic N) is 4. The van der Waals surface area contributed by atoms with Crippen molar-refractivity contribution in [2.75, 3.05) is 12.4 Å². The van der Waals surface area contributed by atoms with Gasteiger partial charge in [0, 0.05) is 0 Å². The molecule has 0 spiro atoms. The highest BCUT2D eigenvalue weighted by atomic mass is 16.5. The van der Waals surface area contributed by atoms with Crippen LogP contribution in [0.5, 0.6) is 5.75 Å². The zero-order valence-corrected chi connectivity index (χ0v) is 14.4. The van der Waals surface area contributed by atoms with Crippen LogP contribution < -0.4 is 10.1 Å². The molecule has 1 aromatic heterocycles. The van der Waals surface area contributed by atoms with Crippen molar-refractivity contribution in [1.29, 1.82) is 0 Å². The number of aryl methyl sites for hydroxylation is 1. The zero-order chi connectivity index (χ0) is 17.2. The second-order valence-electron chi connectivity index (χ2n) is 6.27. The van der Waals surface area contributed by atoms with Crippen molar-refractivity contribution in [3.05, 3.63) is 65.2 Å². The van der Waals surface area contributed by atoms with E-state index in [9.17, 15) is 0 Å². The molecule has 1 aliphatic rings. The molecule has 0 saturated heterocycles. The highest BCUT2D eigenvalue weighted by Crippen LogP contribution is 2.37. The Balaban J connectivity index is 1.69. The van der Waals surface area contributed by atoms with Gasteiger partial charge in [0.15, 0.2) is 0 Å². The number of hydrogen-bond donors (Lipinski definition) is 1. The maximum atomic E-state index is 5.38. The van der Waals surface area contributed by atoms with Crippen LogP contribution in [-0.4, -0.2) is 27.3 Å². The van der Waals surface area contributed by atoms with Gasteiger partial charge in [-0.25, -0.2) is 4.68 Å². The molecule has 25 heavy (non-hydrogen) atoms. The quantitative estimate of drug-likeness (QED) is 0.792. The fourth-order valence-electron chi connectivity index (χ4n) is 3.37. The Morgan fingerprint density at radius 1 is 1.16 bits per heavy atom. The van der Waals surface area contributed by atoms with Crippen LogP contribution >= 0.6 is 0 Å². The summed E-state index contributed by atoms with van der Waals surface area (Å²) < 4.78 is 7.23. The van der Waals surface area contributed by atoms with Gasteiger partial charge < -0.3 is 10.1 Å². The van der Waals surface area contributed by atoms with Gasteiger partial charge in [-0.05, 0) is 52.1 Å². The van der Waals surface area contributed by atoms with Crippen LogP contribution in [0.2, 0.25) is 0 Å². The molecule has 2 aromatic carbocycles. The molecule has 6 heteroatoms. The second-order valence-corrected chi connectivity index (χ2v) is 6.27. The number of anilines is 1. The lowest BCUT2D eigenvalue weighted by Gasteiger charge is -2.31. The SMILES string of the molecule is CCc1ccc(C2CC(c3cccc(OC)c3)n3nnnc3N2)cc1. The van der Waals surface area contributed by atoms with E-state index in [0.29, 0.717) is 5.95 Å². The molecule has 1 N–H and O–H groups in total. The van der Waals surface area contributed by atoms with Crippen LogP contribution in [0, 0.1) is 0 Å². The summed E-state index contributed by atoms with van der Waals surface area (Å²) in [7, 11) is 1.68. The molecule has 0 radical (unpaired) electrons. The van der Waals surface area contributed by atoms with Crippen molar-refractivity contribution >= 4 is 5.95 Å². The van der Waals surface area contributed by atoms with Crippen LogP contribution in [0.4, 0.5) is 5.95 Å². The highest BCUT2D eigenvalue weighted by Gasteiger charge is 2.30. The molecule has 2 heterocycles. The van der Waals surface area contributed by atoms with E-state index in [-0.39, 0.29) is 12.1 Å². The van der Waals surface area contributed by atoms with Crippen molar-refractivity contribution in [3.63, 3.8) is 0 Å². The van der Waals surface area contributed by atoms with Crippen LogP contribution in [0.15, 0.2) is 48.5 Å². The summed E-state index contributed by atoms with van der Waals surface area (Å²) in [4.78, 5) is 0. The summed E-state index contributed by atoms with van der Waals surface area (Å²) in [5.74, 6) is 1.54. The molecule has 2 atom stereocenters. The first-order valence-electron chi connectivity index (χ1n) is 8.55. The fraction of sp³-hybridized carbons (Fsp3) is 0.316. The predicted molar refractivity (Wildman–Crippen MR) is 95.8 cm³/mol. The van der Waals surface area contributed by atoms with Crippen molar-refractivity contribution in [2.45, 2.75) is 31.8 Å². The lowest BCUT2D eigenvalue weighted by Crippen LogP contribution is -2.28. The van der Waals surface area contributed by atoms with Gasteiger partial charge in [-0.15, -0.1) is 0 Å². The summed E-state index contributed by atoms with van der Waals surface area (Å²) in [5, 5.41) is 15.6. The van der Waals surface area contributed by atoms with Crippen molar-refractivity contribution in [1.82, 2.24) is 20.2 Å². The maximum Gasteiger partial charge on any atom is 0.243 e. The van der Waals surface area contributed by atoms with Crippen LogP contribution in [0.1, 0.15) is 42.1 Å². The number of tetrazole rings is 1. The minimum absolute atomic E-state index is 0.0669. The molecule has 3 aromatic rings. The zero-order valence-electron chi connectivity index (χ0n) is 14.4. The monoisotopic (exact) mass is 335 g/mol. The molecule has 1 aliphatic heterocycles. The first-order chi connectivity index (χ1) is 12.3. The largest absolute Gasteiger partial charge is 0.497 e. The average molecular weight is 335 g/mol. The summed E-state index contributed by atoms with van der Waals surface area (Å²) in [6, 6.07) is 17.1. The van der Waals surface area contributed by atoms with Gasteiger partial charge >= 0.3 is 0 Å². The van der Waals surface area contributed by atoms with Gasteiger partial charge in [0.05, 0.1) is 19.2 Å². The molecule has 0 amide bonds. The van der Waals surface area contributed by atoms with E-state index in [1.165, 1.54) is 11.1 Å². The first kappa shape index (κ1) is 15.6. The van der Waals surface area contributed by atoms with E-state index in [2.05, 4.69) is 64.2 Å². The van der Waals surface area contributed by atoms with Crippen LogP contribution in [-0.2, 0) is 6.42 Å². The normalized spacial score (nSPS) is 19.1. The van der Waals surface area contributed by atoms with Gasteiger partial charge in [-0.3, -0.25) is 0 Å². The number of rotatable bonds is 4. The van der Waals surface area contributed by atoms with E-state index in [0.717, 1.165) is 24.2 Å². The molecule has 128 valence electrons. The van der Waals surface area contributed by atoms with E-state index in [4.69, 9.17) is 4.74 Å². The molecule has 0 bridgehead atoms. The van der Waals surface area contributed by atoms with Gasteiger partial charge in [0.1, 0.15) is 5.75 Å². The Morgan fingerprint density at radius 2 is 2.00 bits per heavy atom. The minimum Gasteiger partial charge on any atom is -0.497 e. The van der Waals surface area contributed by atoms with Gasteiger partial charge in [0.2, 0.25) is 5.95 Å². The average Bonchev–Trinajstić information content (AvgIpc) is 3.16. The number of ether oxygens (including phenoxy) is 1. The van der Waals surface area contributed by atoms with Crippen molar-refractivity contribution in [3.8, 4) is 5.75 Å². The second kappa shape index (κ2) is 6.55. The summed E-state index contributed by atoms with van der Waals surface area (Å²) in [5.41, 5.74) is 3.73. The van der Waals surface area contributed by atoms with E-state index in [1.807, 2.05) is 16.8 Å². The van der Waals surface area contributed by atoms with Crippen LogP contribution in [0.3, 0.4) is 0 Å². The maximum absolute atomic E-state index is 5.38. The number of methoxy groups -OCH3 is 1. The molecular weight excluding hydrogens is 314 g/mol. The molecule has 2 unspecified atom stereocenters. The third-order valence-corrected chi connectivity index (χ3v) is 4.82. The van der Waals surface area contributed by atoms with Crippen molar-refractivity contribution < 1.29 is 4.74 Å². The van der Waals surface area contributed by atoms with Gasteiger partial charge in [0.25, 0.3) is 0 Å². The molecule has 0 saturated carbocycles.